The van der Waals surface area contributed by atoms with Gasteiger partial charge in [-0.05, 0) is 25.4 Å². The molecule has 3 aliphatic heterocycles. The number of carbonyl (C=O) groups excluding carboxylic acids is 3. The maximum atomic E-state index is 14.1. The van der Waals surface area contributed by atoms with Gasteiger partial charge in [0.15, 0.2) is 9.74 Å². The fourth-order valence-electron chi connectivity index (χ4n) is 6.41. The van der Waals surface area contributed by atoms with Crippen molar-refractivity contribution in [1.29, 1.82) is 0 Å². The van der Waals surface area contributed by atoms with E-state index < -0.39 is 52.0 Å². The predicted octanol–water partition coefficient (Wildman–Crippen LogP) is -0.432. The van der Waals surface area contributed by atoms with Gasteiger partial charge < -0.3 is 25.1 Å². The van der Waals surface area contributed by atoms with Crippen molar-refractivity contribution in [1.82, 2.24) is 9.80 Å². The van der Waals surface area contributed by atoms with Crippen molar-refractivity contribution in [2.75, 3.05) is 12.5 Å². The molecule has 0 aromatic rings. The molecule has 5 rings (SSSR count). The maximum Gasteiger partial charge on any atom is 0.261 e. The lowest BCUT2D eigenvalue weighted by atomic mass is 9.81. The molecular formula is C20H26N2O6S2. The van der Waals surface area contributed by atoms with Gasteiger partial charge in [-0.25, -0.2) is 0 Å². The number of carbonyl (C=O) groups is 3. The highest BCUT2D eigenvalue weighted by atomic mass is 32.2. The molecule has 2 aliphatic carbocycles. The first kappa shape index (κ1) is 20.8. The Balaban J connectivity index is 1.68. The Morgan fingerprint density at radius 1 is 0.900 bits per heavy atom. The number of hydrogen-bond donors (Lipinski definition) is 3. The average Bonchev–Trinajstić information content (AvgIpc) is 3.29. The number of amides is 2. The number of piperazine rings is 1. The minimum Gasteiger partial charge on any atom is -0.391 e. The van der Waals surface area contributed by atoms with Gasteiger partial charge in [-0.1, -0.05) is 12.2 Å². The summed E-state index contributed by atoms with van der Waals surface area (Å²) in [5.41, 5.74) is 0. The molecule has 1 saturated carbocycles. The van der Waals surface area contributed by atoms with Crippen molar-refractivity contribution in [3.8, 4) is 0 Å². The van der Waals surface area contributed by atoms with Crippen LogP contribution in [0.4, 0.5) is 0 Å². The van der Waals surface area contributed by atoms with E-state index in [1.54, 1.807) is 12.5 Å². The van der Waals surface area contributed by atoms with E-state index >= 15 is 0 Å². The number of rotatable bonds is 2. The molecule has 0 aromatic carbocycles. The molecular weight excluding hydrogens is 428 g/mol. The van der Waals surface area contributed by atoms with E-state index in [0.717, 1.165) is 0 Å². The van der Waals surface area contributed by atoms with Crippen LogP contribution in [0.1, 0.15) is 25.7 Å². The van der Waals surface area contributed by atoms with Crippen LogP contribution in [0.5, 0.6) is 0 Å². The average molecular weight is 455 g/mol. The monoisotopic (exact) mass is 454 g/mol. The zero-order chi connectivity index (χ0) is 21.6. The number of ketones is 1. The van der Waals surface area contributed by atoms with Crippen LogP contribution < -0.4 is 0 Å². The number of aliphatic hydroxyl groups excluding tert-OH is 3. The lowest BCUT2D eigenvalue weighted by molar-refractivity contribution is -0.170. The summed E-state index contributed by atoms with van der Waals surface area (Å²) in [6.45, 7) is 0. The summed E-state index contributed by atoms with van der Waals surface area (Å²) in [6.07, 6.45) is 4.74. The first-order valence-electron chi connectivity index (χ1n) is 10.3. The van der Waals surface area contributed by atoms with E-state index in [0.29, 0.717) is 0 Å². The van der Waals surface area contributed by atoms with Crippen LogP contribution in [0.15, 0.2) is 12.2 Å². The van der Waals surface area contributed by atoms with E-state index in [2.05, 4.69) is 0 Å². The molecule has 164 valence electrons. The molecule has 3 N–H and O–H groups in total. The third-order valence-corrected chi connectivity index (χ3v) is 10.2. The minimum absolute atomic E-state index is 0.0129. The second-order valence-electron chi connectivity index (χ2n) is 8.93. The van der Waals surface area contributed by atoms with Crippen LogP contribution in [-0.4, -0.2) is 95.4 Å². The van der Waals surface area contributed by atoms with Crippen LogP contribution in [0.2, 0.25) is 0 Å². The number of Topliss-reactive ketones (excluding diaryl/α,β-unsaturated/α-hetero) is 1. The quantitative estimate of drug-likeness (QED) is 0.481. The van der Waals surface area contributed by atoms with Crippen molar-refractivity contribution in [3.63, 3.8) is 0 Å². The first-order chi connectivity index (χ1) is 14.2. The van der Waals surface area contributed by atoms with Gasteiger partial charge in [-0.3, -0.25) is 14.4 Å². The van der Waals surface area contributed by atoms with Gasteiger partial charge in [-0.15, -0.1) is 23.5 Å². The highest BCUT2D eigenvalue weighted by Gasteiger charge is 2.75. The van der Waals surface area contributed by atoms with E-state index in [4.69, 9.17) is 0 Å². The summed E-state index contributed by atoms with van der Waals surface area (Å²) in [5.74, 6) is -1.66. The number of nitrogens with zero attached hydrogens (tertiary/aromatic N) is 2. The van der Waals surface area contributed by atoms with Crippen LogP contribution in [0, 0.1) is 11.8 Å². The fraction of sp³-hybridized carbons (Fsp3) is 0.750. The molecule has 8 nitrogen and oxygen atoms in total. The van der Waals surface area contributed by atoms with Gasteiger partial charge in [0.2, 0.25) is 0 Å². The summed E-state index contributed by atoms with van der Waals surface area (Å²) in [5, 5.41) is 32.0. The molecule has 0 aromatic heterocycles. The summed E-state index contributed by atoms with van der Waals surface area (Å²) in [4.78, 5) is 41.3. The van der Waals surface area contributed by atoms with Gasteiger partial charge >= 0.3 is 0 Å². The van der Waals surface area contributed by atoms with E-state index in [-0.39, 0.29) is 43.3 Å². The second-order valence-corrected chi connectivity index (χ2v) is 11.1. The van der Waals surface area contributed by atoms with Gasteiger partial charge in [0.25, 0.3) is 11.8 Å². The Morgan fingerprint density at radius 3 is 2.10 bits per heavy atom. The zero-order valence-electron chi connectivity index (χ0n) is 16.8. The Labute approximate surface area is 183 Å². The van der Waals surface area contributed by atoms with E-state index in [1.165, 1.54) is 45.5 Å². The smallest absolute Gasteiger partial charge is 0.261 e. The van der Waals surface area contributed by atoms with Crippen LogP contribution in [-0.2, 0) is 14.4 Å². The van der Waals surface area contributed by atoms with Crippen molar-refractivity contribution in [2.24, 2.45) is 11.8 Å². The SMILES string of the molecule is CS[C@@]12C[C@H]3C(=O)CC[C@H](O)[C@H]3N1C(=O)[C@]1(SC)C[C@H]3[C@@H]([C@@H](O)C=C[C@@H]3O)N1C2=O. The standard InChI is InChI=1S/C20H26N2O6S2/c1-29-19-7-9-11(23)3-5-13(25)15(9)21(19)18(28)20(30-2)8-10-12(24)4-6-14(26)16(10)22(20)17(19)27/h3,5,9-11,13-16,23,25-26H,4,6-8H2,1-2H3/t9-,10+,11+,13+,14+,15+,16+,19-,20-/m1/s1. The van der Waals surface area contributed by atoms with Crippen LogP contribution >= 0.6 is 23.5 Å². The molecule has 9 atom stereocenters. The minimum atomic E-state index is -1.28. The normalized spacial score (nSPS) is 49.8. The van der Waals surface area contributed by atoms with Crippen molar-refractivity contribution < 1.29 is 29.7 Å². The van der Waals surface area contributed by atoms with E-state index in [9.17, 15) is 29.7 Å². The first-order valence-corrected chi connectivity index (χ1v) is 12.7. The molecule has 5 aliphatic rings. The molecule has 4 fully saturated rings. The van der Waals surface area contributed by atoms with Crippen molar-refractivity contribution in [2.45, 2.75) is 65.8 Å². The summed E-state index contributed by atoms with van der Waals surface area (Å²) < 4.78 is 0. The maximum absolute atomic E-state index is 14.1. The molecule has 0 bridgehead atoms. The summed E-state index contributed by atoms with van der Waals surface area (Å²) >= 11 is 2.46. The highest BCUT2D eigenvalue weighted by molar-refractivity contribution is 8.01. The largest absolute Gasteiger partial charge is 0.391 e. The van der Waals surface area contributed by atoms with Crippen molar-refractivity contribution in [3.05, 3.63) is 12.2 Å². The van der Waals surface area contributed by atoms with Crippen LogP contribution in [0.3, 0.4) is 0 Å². The van der Waals surface area contributed by atoms with Gasteiger partial charge in [-0.2, -0.15) is 0 Å². The molecule has 0 spiro atoms. The topological polar surface area (TPSA) is 118 Å². The Bertz CT molecular complexity index is 853. The molecule has 2 amide bonds. The number of fused-ring (bicyclic) bond motifs is 6. The lowest BCUT2D eigenvalue weighted by Gasteiger charge is -2.54. The van der Waals surface area contributed by atoms with Crippen LogP contribution in [0.25, 0.3) is 0 Å². The third kappa shape index (κ3) is 2.29. The molecule has 10 heteroatoms. The molecule has 30 heavy (non-hydrogen) atoms. The Kier molecular flexibility index (Phi) is 4.66. The van der Waals surface area contributed by atoms with Gasteiger partial charge in [0, 0.05) is 24.7 Å². The molecule has 3 saturated heterocycles. The third-order valence-electron chi connectivity index (χ3n) is 7.80. The van der Waals surface area contributed by atoms with E-state index in [1.807, 2.05) is 0 Å². The fourth-order valence-corrected chi connectivity index (χ4v) is 8.46. The number of thioether (sulfide) groups is 2. The Hall–Kier alpha value is -1.07. The Morgan fingerprint density at radius 2 is 1.47 bits per heavy atom. The molecule has 0 radical (unpaired) electrons. The molecule has 0 unspecified atom stereocenters. The second kappa shape index (κ2) is 6.71. The number of aliphatic hydroxyl groups is 3. The summed E-state index contributed by atoms with van der Waals surface area (Å²) in [6, 6.07) is -1.42. The van der Waals surface area contributed by atoms with Gasteiger partial charge in [0.05, 0.1) is 30.4 Å². The highest BCUT2D eigenvalue weighted by Crippen LogP contribution is 2.60. The molecule has 3 heterocycles. The van der Waals surface area contributed by atoms with Crippen molar-refractivity contribution >= 4 is 41.1 Å². The predicted molar refractivity (Wildman–Crippen MR) is 111 cm³/mol. The lowest BCUT2D eigenvalue weighted by Crippen LogP contribution is -2.75. The van der Waals surface area contributed by atoms with Gasteiger partial charge in [0.1, 0.15) is 5.78 Å². The zero-order valence-corrected chi connectivity index (χ0v) is 18.4. The summed E-state index contributed by atoms with van der Waals surface area (Å²) in [7, 11) is 0. The number of hydrogen-bond acceptors (Lipinski definition) is 8.